The average molecular weight is 174 g/mol. The van der Waals surface area contributed by atoms with Gasteiger partial charge in [0.2, 0.25) is 0 Å². The Hall–Kier alpha value is -1.70. The Bertz CT molecular complexity index is 351. The van der Waals surface area contributed by atoms with Gasteiger partial charge in [-0.15, -0.1) is 0 Å². The summed E-state index contributed by atoms with van der Waals surface area (Å²) in [7, 11) is 0. The zero-order valence-electron chi connectivity index (χ0n) is 7.36. The molecule has 0 aliphatic rings. The van der Waals surface area contributed by atoms with E-state index in [1.54, 1.807) is 12.1 Å². The van der Waals surface area contributed by atoms with Crippen molar-refractivity contribution in [3.63, 3.8) is 0 Å². The maximum Gasteiger partial charge on any atom is 0.150 e. The quantitative estimate of drug-likeness (QED) is 0.519. The van der Waals surface area contributed by atoms with Crippen LogP contribution in [0, 0.1) is 6.92 Å². The van der Waals surface area contributed by atoms with Gasteiger partial charge in [0.25, 0.3) is 0 Å². The van der Waals surface area contributed by atoms with Crippen LogP contribution in [0.1, 0.15) is 21.5 Å². The van der Waals surface area contributed by atoms with Gasteiger partial charge in [-0.1, -0.05) is 29.8 Å². The van der Waals surface area contributed by atoms with Crippen LogP contribution in [0.25, 0.3) is 6.08 Å². The molecule has 1 aromatic rings. The third-order valence-electron chi connectivity index (χ3n) is 1.72. The number of aryl methyl sites for hydroxylation is 1. The van der Waals surface area contributed by atoms with Crippen molar-refractivity contribution in [2.75, 3.05) is 0 Å². The fourth-order valence-electron chi connectivity index (χ4n) is 1.09. The normalized spacial score (nSPS) is 10.2. The molecular formula is C11H10O2. The molecule has 0 saturated carbocycles. The first-order valence-electron chi connectivity index (χ1n) is 3.95. The van der Waals surface area contributed by atoms with Gasteiger partial charge < -0.3 is 0 Å². The molecule has 1 rings (SSSR count). The van der Waals surface area contributed by atoms with E-state index in [1.807, 2.05) is 19.1 Å². The second-order valence-electron chi connectivity index (χ2n) is 2.75. The van der Waals surface area contributed by atoms with E-state index in [1.165, 1.54) is 6.08 Å². The molecule has 0 aromatic heterocycles. The van der Waals surface area contributed by atoms with Crippen LogP contribution in [0.2, 0.25) is 0 Å². The van der Waals surface area contributed by atoms with Crippen molar-refractivity contribution in [2.24, 2.45) is 0 Å². The Morgan fingerprint density at radius 3 is 2.54 bits per heavy atom. The summed E-state index contributed by atoms with van der Waals surface area (Å²) in [6, 6.07) is 5.47. The smallest absolute Gasteiger partial charge is 0.150 e. The van der Waals surface area contributed by atoms with Gasteiger partial charge in [0.15, 0.2) is 6.29 Å². The number of hydrogen-bond acceptors (Lipinski definition) is 2. The molecule has 0 bridgehead atoms. The van der Waals surface area contributed by atoms with Gasteiger partial charge in [0.1, 0.15) is 6.29 Å². The van der Waals surface area contributed by atoms with Gasteiger partial charge in [-0.05, 0) is 18.6 Å². The summed E-state index contributed by atoms with van der Waals surface area (Å²) >= 11 is 0. The fraction of sp³-hybridized carbons (Fsp3) is 0.0909. The van der Waals surface area contributed by atoms with E-state index >= 15 is 0 Å². The fourth-order valence-corrected chi connectivity index (χ4v) is 1.09. The topological polar surface area (TPSA) is 34.1 Å². The van der Waals surface area contributed by atoms with Crippen molar-refractivity contribution >= 4 is 18.6 Å². The van der Waals surface area contributed by atoms with Crippen LogP contribution < -0.4 is 0 Å². The number of benzene rings is 1. The van der Waals surface area contributed by atoms with Crippen molar-refractivity contribution in [1.82, 2.24) is 0 Å². The number of aldehydes is 2. The van der Waals surface area contributed by atoms with Crippen LogP contribution in [0.5, 0.6) is 0 Å². The molecule has 0 fully saturated rings. The number of allylic oxidation sites excluding steroid dienone is 1. The van der Waals surface area contributed by atoms with E-state index in [0.29, 0.717) is 11.8 Å². The molecule has 2 nitrogen and oxygen atoms in total. The molecular weight excluding hydrogens is 164 g/mol. The second-order valence-corrected chi connectivity index (χ2v) is 2.75. The van der Waals surface area contributed by atoms with Gasteiger partial charge in [0, 0.05) is 5.56 Å². The lowest BCUT2D eigenvalue weighted by atomic mass is 10.1. The predicted octanol–water partition coefficient (Wildman–Crippen LogP) is 2.02. The van der Waals surface area contributed by atoms with E-state index in [9.17, 15) is 9.59 Å². The van der Waals surface area contributed by atoms with Gasteiger partial charge in [0.05, 0.1) is 0 Å². The molecule has 0 amide bonds. The highest BCUT2D eigenvalue weighted by atomic mass is 16.1. The zero-order valence-corrected chi connectivity index (χ0v) is 7.36. The Labute approximate surface area is 76.9 Å². The molecule has 0 N–H and O–H groups in total. The van der Waals surface area contributed by atoms with Crippen molar-refractivity contribution in [1.29, 1.82) is 0 Å². The lowest BCUT2D eigenvalue weighted by Crippen LogP contribution is -1.86. The third-order valence-corrected chi connectivity index (χ3v) is 1.72. The highest BCUT2D eigenvalue weighted by Crippen LogP contribution is 2.11. The van der Waals surface area contributed by atoms with Crippen LogP contribution in [-0.2, 0) is 4.79 Å². The zero-order chi connectivity index (χ0) is 9.68. The minimum atomic E-state index is 0.601. The first-order valence-corrected chi connectivity index (χ1v) is 3.95. The molecule has 13 heavy (non-hydrogen) atoms. The van der Waals surface area contributed by atoms with Crippen molar-refractivity contribution in [3.8, 4) is 0 Å². The largest absolute Gasteiger partial charge is 0.299 e. The average Bonchev–Trinajstić information content (AvgIpc) is 2.15. The minimum absolute atomic E-state index is 0.601. The first-order chi connectivity index (χ1) is 6.27. The summed E-state index contributed by atoms with van der Waals surface area (Å²) in [5.41, 5.74) is 2.45. The summed E-state index contributed by atoms with van der Waals surface area (Å²) in [5, 5.41) is 0. The molecule has 0 atom stereocenters. The van der Waals surface area contributed by atoms with Crippen molar-refractivity contribution in [2.45, 2.75) is 6.92 Å². The number of rotatable bonds is 3. The van der Waals surface area contributed by atoms with Crippen LogP contribution in [0.4, 0.5) is 0 Å². The van der Waals surface area contributed by atoms with Crippen LogP contribution in [0.15, 0.2) is 24.3 Å². The van der Waals surface area contributed by atoms with Gasteiger partial charge in [-0.25, -0.2) is 0 Å². The lowest BCUT2D eigenvalue weighted by molar-refractivity contribution is -0.104. The van der Waals surface area contributed by atoms with Gasteiger partial charge >= 0.3 is 0 Å². The Balaban J connectivity index is 3.14. The molecule has 66 valence electrons. The molecule has 0 spiro atoms. The van der Waals surface area contributed by atoms with Gasteiger partial charge in [-0.3, -0.25) is 9.59 Å². The van der Waals surface area contributed by atoms with E-state index in [0.717, 1.165) is 17.4 Å². The number of carbonyl (C=O) groups is 2. The van der Waals surface area contributed by atoms with Gasteiger partial charge in [-0.2, -0.15) is 0 Å². The molecule has 0 aliphatic carbocycles. The summed E-state index contributed by atoms with van der Waals surface area (Å²) < 4.78 is 0. The molecule has 0 unspecified atom stereocenters. The summed E-state index contributed by atoms with van der Waals surface area (Å²) in [6.07, 6.45) is 4.48. The third kappa shape index (κ3) is 2.37. The standard InChI is InChI=1S/C11H10O2/c1-9-4-5-11(8-13)10(7-9)3-2-6-12/h2-8H,1H3. The van der Waals surface area contributed by atoms with E-state index in [-0.39, 0.29) is 0 Å². The molecule has 0 aliphatic heterocycles. The minimum Gasteiger partial charge on any atom is -0.299 e. The highest BCUT2D eigenvalue weighted by Gasteiger charge is 1.97. The van der Waals surface area contributed by atoms with E-state index in [2.05, 4.69) is 0 Å². The summed E-state index contributed by atoms with van der Waals surface area (Å²) in [5.74, 6) is 0. The molecule has 0 saturated heterocycles. The van der Waals surface area contributed by atoms with Crippen LogP contribution in [0.3, 0.4) is 0 Å². The monoisotopic (exact) mass is 174 g/mol. The summed E-state index contributed by atoms with van der Waals surface area (Å²) in [6.45, 7) is 1.94. The number of carbonyl (C=O) groups excluding carboxylic acids is 2. The molecule has 0 heterocycles. The van der Waals surface area contributed by atoms with Crippen LogP contribution >= 0.6 is 0 Å². The van der Waals surface area contributed by atoms with Crippen molar-refractivity contribution < 1.29 is 9.59 Å². The maximum atomic E-state index is 10.6. The van der Waals surface area contributed by atoms with E-state index in [4.69, 9.17) is 0 Å². The highest BCUT2D eigenvalue weighted by molar-refractivity contribution is 5.84. The lowest BCUT2D eigenvalue weighted by Gasteiger charge is -1.99. The first kappa shape index (κ1) is 9.39. The Kier molecular flexibility index (Phi) is 3.15. The SMILES string of the molecule is Cc1ccc(C=O)c(C=CC=O)c1. The summed E-state index contributed by atoms with van der Waals surface area (Å²) in [4.78, 5) is 20.7. The van der Waals surface area contributed by atoms with Crippen molar-refractivity contribution in [3.05, 3.63) is 41.0 Å². The molecule has 2 heteroatoms. The maximum absolute atomic E-state index is 10.6. The Morgan fingerprint density at radius 2 is 1.92 bits per heavy atom. The molecule has 0 radical (unpaired) electrons. The second kappa shape index (κ2) is 4.36. The number of hydrogen-bond donors (Lipinski definition) is 0. The van der Waals surface area contributed by atoms with Crippen LogP contribution in [-0.4, -0.2) is 12.6 Å². The predicted molar refractivity (Wildman–Crippen MR) is 51.7 cm³/mol. The Morgan fingerprint density at radius 1 is 1.15 bits per heavy atom. The van der Waals surface area contributed by atoms with E-state index < -0.39 is 0 Å². The molecule has 1 aromatic carbocycles.